The van der Waals surface area contributed by atoms with Crippen molar-refractivity contribution in [1.82, 2.24) is 19.6 Å². The average Bonchev–Trinajstić information content (AvgIpc) is 3.39. The lowest BCUT2D eigenvalue weighted by Gasteiger charge is -2.13. The maximum atomic E-state index is 14.4. The van der Waals surface area contributed by atoms with Crippen LogP contribution in [0.15, 0.2) is 89.7 Å². The third-order valence-electron chi connectivity index (χ3n) is 7.10. The predicted octanol–water partition coefficient (Wildman–Crippen LogP) is 7.65. The van der Waals surface area contributed by atoms with Crippen LogP contribution in [0.3, 0.4) is 0 Å². The Morgan fingerprint density at radius 2 is 1.23 bits per heavy atom. The standard InChI is InChI=1S/C31H20Cl2N6O5/c1-17-3-7-19(8-4-17)28-27-29(20-9-5-18(2)6-10-20)35-37(24-13-11-21(32)15-23(24)33)31(40)30(27)36(34-28)25-14-12-22(38(41)42)16-26(25)39(43)44/h3-16H,1-2H3. The second kappa shape index (κ2) is 11.0. The molecule has 2 heterocycles. The molecule has 11 nitrogen and oxygen atoms in total. The molecule has 0 bridgehead atoms. The van der Waals surface area contributed by atoms with Gasteiger partial charge in [0.25, 0.3) is 11.2 Å². The highest BCUT2D eigenvalue weighted by Gasteiger charge is 2.29. The van der Waals surface area contributed by atoms with Gasteiger partial charge in [-0.1, -0.05) is 82.9 Å². The smallest absolute Gasteiger partial charge is 0.265 e. The quantitative estimate of drug-likeness (QED) is 0.137. The molecule has 4 aromatic carbocycles. The molecule has 2 aromatic heterocycles. The third-order valence-corrected chi connectivity index (χ3v) is 7.64. The molecule has 13 heteroatoms. The molecule has 44 heavy (non-hydrogen) atoms. The van der Waals surface area contributed by atoms with Gasteiger partial charge < -0.3 is 0 Å². The van der Waals surface area contributed by atoms with Crippen LogP contribution in [0.25, 0.3) is 44.8 Å². The van der Waals surface area contributed by atoms with E-state index < -0.39 is 26.8 Å². The molecule has 0 aliphatic rings. The van der Waals surface area contributed by atoms with Crippen molar-refractivity contribution in [2.75, 3.05) is 0 Å². The van der Waals surface area contributed by atoms with Crippen molar-refractivity contribution in [1.29, 1.82) is 0 Å². The zero-order chi connectivity index (χ0) is 31.3. The van der Waals surface area contributed by atoms with Crippen LogP contribution >= 0.6 is 23.2 Å². The van der Waals surface area contributed by atoms with Gasteiger partial charge in [-0.15, -0.1) is 0 Å². The summed E-state index contributed by atoms with van der Waals surface area (Å²) in [5, 5.41) is 34.0. The van der Waals surface area contributed by atoms with Crippen LogP contribution in [-0.2, 0) is 0 Å². The number of halogens is 2. The normalized spacial score (nSPS) is 11.2. The summed E-state index contributed by atoms with van der Waals surface area (Å²) in [6.07, 6.45) is 0. The Hall–Kier alpha value is -5.39. The van der Waals surface area contributed by atoms with Gasteiger partial charge in [0.05, 0.1) is 32.0 Å². The fourth-order valence-corrected chi connectivity index (χ4v) is 5.39. The van der Waals surface area contributed by atoms with Crippen molar-refractivity contribution in [3.8, 4) is 33.9 Å². The van der Waals surface area contributed by atoms with Crippen LogP contribution in [-0.4, -0.2) is 29.4 Å². The molecule has 6 aromatic rings. The molecule has 0 N–H and O–H groups in total. The molecule has 0 aliphatic carbocycles. The predicted molar refractivity (Wildman–Crippen MR) is 168 cm³/mol. The van der Waals surface area contributed by atoms with Crippen molar-refractivity contribution >= 4 is 45.5 Å². The molecule has 0 unspecified atom stereocenters. The fourth-order valence-electron chi connectivity index (χ4n) is 4.90. The van der Waals surface area contributed by atoms with Crippen LogP contribution < -0.4 is 5.56 Å². The number of nitro groups is 2. The summed E-state index contributed by atoms with van der Waals surface area (Å²) in [7, 11) is 0. The lowest BCUT2D eigenvalue weighted by molar-refractivity contribution is -0.394. The molecule has 0 saturated carbocycles. The van der Waals surface area contributed by atoms with E-state index in [0.717, 1.165) is 32.6 Å². The number of nitro benzene ring substituents is 2. The van der Waals surface area contributed by atoms with Gasteiger partial charge in [-0.25, -0.2) is 4.68 Å². The van der Waals surface area contributed by atoms with E-state index in [1.165, 1.54) is 12.1 Å². The van der Waals surface area contributed by atoms with E-state index in [9.17, 15) is 25.0 Å². The van der Waals surface area contributed by atoms with Crippen LogP contribution in [0.1, 0.15) is 11.1 Å². The van der Waals surface area contributed by atoms with Gasteiger partial charge in [0.15, 0.2) is 0 Å². The summed E-state index contributed by atoms with van der Waals surface area (Å²) >= 11 is 12.7. The van der Waals surface area contributed by atoms with E-state index in [0.29, 0.717) is 32.9 Å². The van der Waals surface area contributed by atoms with Gasteiger partial charge in [0.2, 0.25) is 0 Å². The Kier molecular flexibility index (Phi) is 7.20. The fraction of sp³-hybridized carbons (Fsp3) is 0.0645. The number of nitrogens with zero attached hydrogens (tertiary/aromatic N) is 6. The number of rotatable bonds is 6. The lowest BCUT2D eigenvalue weighted by atomic mass is 10.0. The third kappa shape index (κ3) is 4.97. The highest BCUT2D eigenvalue weighted by atomic mass is 35.5. The molecule has 218 valence electrons. The van der Waals surface area contributed by atoms with E-state index in [4.69, 9.17) is 33.4 Å². The Labute approximate surface area is 258 Å². The minimum absolute atomic E-state index is 0.0471. The van der Waals surface area contributed by atoms with Crippen molar-refractivity contribution in [2.24, 2.45) is 0 Å². The first-order valence-electron chi connectivity index (χ1n) is 13.1. The number of aryl methyl sites for hydroxylation is 2. The van der Waals surface area contributed by atoms with Crippen molar-refractivity contribution in [3.05, 3.63) is 137 Å². The van der Waals surface area contributed by atoms with E-state index in [1.54, 1.807) is 12.1 Å². The minimum atomic E-state index is -0.752. The first-order valence-corrected chi connectivity index (χ1v) is 13.9. The Morgan fingerprint density at radius 3 is 1.75 bits per heavy atom. The second-order valence-corrected chi connectivity index (χ2v) is 10.9. The molecule has 0 aliphatic heterocycles. The first kappa shape index (κ1) is 28.7. The van der Waals surface area contributed by atoms with Crippen molar-refractivity contribution in [3.63, 3.8) is 0 Å². The number of benzene rings is 4. The SMILES string of the molecule is Cc1ccc(-c2nn(-c3ccc(Cl)cc3Cl)c(=O)c3c2c(-c2ccc(C)cc2)nn3-c2ccc([N+](=O)[O-])cc2[N+](=O)[O-])cc1. The summed E-state index contributed by atoms with van der Waals surface area (Å²) in [6.45, 7) is 3.86. The molecule has 0 fully saturated rings. The lowest BCUT2D eigenvalue weighted by Crippen LogP contribution is -2.24. The number of hydrogen-bond acceptors (Lipinski definition) is 7. The van der Waals surface area contributed by atoms with E-state index in [2.05, 4.69) is 0 Å². The molecule has 0 saturated heterocycles. The van der Waals surface area contributed by atoms with Gasteiger partial charge in [-0.05, 0) is 38.1 Å². The van der Waals surface area contributed by atoms with Crippen molar-refractivity contribution in [2.45, 2.75) is 13.8 Å². The molecule has 0 spiro atoms. The number of non-ortho nitro benzene ring substituents is 1. The molecule has 0 atom stereocenters. The first-order chi connectivity index (χ1) is 21.0. The maximum Gasteiger partial charge on any atom is 0.301 e. The summed E-state index contributed by atoms with van der Waals surface area (Å²) in [5.74, 6) is 0. The van der Waals surface area contributed by atoms with Crippen LogP contribution in [0.4, 0.5) is 11.4 Å². The van der Waals surface area contributed by atoms with Crippen molar-refractivity contribution < 1.29 is 9.85 Å². The Bertz CT molecular complexity index is 2190. The average molecular weight is 627 g/mol. The second-order valence-electron chi connectivity index (χ2n) is 10.1. The molecule has 0 amide bonds. The summed E-state index contributed by atoms with van der Waals surface area (Å²) in [6, 6.07) is 22.6. The zero-order valence-corrected chi connectivity index (χ0v) is 24.6. The topological polar surface area (TPSA) is 139 Å². The van der Waals surface area contributed by atoms with E-state index in [-0.39, 0.29) is 21.9 Å². The van der Waals surface area contributed by atoms with Gasteiger partial charge in [-0.2, -0.15) is 14.9 Å². The highest BCUT2D eigenvalue weighted by molar-refractivity contribution is 6.35. The summed E-state index contributed by atoms with van der Waals surface area (Å²) < 4.78 is 2.25. The van der Waals surface area contributed by atoms with E-state index in [1.807, 2.05) is 62.4 Å². The highest BCUT2D eigenvalue weighted by Crippen LogP contribution is 2.38. The minimum Gasteiger partial charge on any atom is -0.265 e. The van der Waals surface area contributed by atoms with Crippen LogP contribution in [0.5, 0.6) is 0 Å². The Morgan fingerprint density at radius 1 is 0.682 bits per heavy atom. The zero-order valence-electron chi connectivity index (χ0n) is 23.1. The van der Waals surface area contributed by atoms with Crippen LogP contribution in [0, 0.1) is 34.1 Å². The molecular weight excluding hydrogens is 607 g/mol. The summed E-state index contributed by atoms with van der Waals surface area (Å²) in [4.78, 5) is 36.6. The molecular formula is C31H20Cl2N6O5. The largest absolute Gasteiger partial charge is 0.301 e. The molecule has 6 rings (SSSR count). The van der Waals surface area contributed by atoms with Gasteiger partial charge >= 0.3 is 5.69 Å². The van der Waals surface area contributed by atoms with E-state index >= 15 is 0 Å². The maximum absolute atomic E-state index is 14.4. The summed E-state index contributed by atoms with van der Waals surface area (Å²) in [5.41, 5.74) is 2.20. The number of hydrogen-bond donors (Lipinski definition) is 0. The number of aromatic nitrogens is 4. The Balaban J connectivity index is 1.82. The number of fused-ring (bicyclic) bond motifs is 1. The van der Waals surface area contributed by atoms with Gasteiger partial charge in [0, 0.05) is 22.2 Å². The van der Waals surface area contributed by atoms with Gasteiger partial charge in [-0.3, -0.25) is 25.0 Å². The van der Waals surface area contributed by atoms with Crippen LogP contribution in [0.2, 0.25) is 10.0 Å². The monoisotopic (exact) mass is 626 g/mol. The molecule has 0 radical (unpaired) electrons. The van der Waals surface area contributed by atoms with Gasteiger partial charge in [0.1, 0.15) is 22.6 Å².